The Morgan fingerprint density at radius 1 is 1.37 bits per heavy atom. The summed E-state index contributed by atoms with van der Waals surface area (Å²) in [6, 6.07) is 2.01. The van der Waals surface area contributed by atoms with E-state index in [1.165, 1.54) is 17.9 Å². The largest absolute Gasteiger partial charge is 0.339 e. The molecule has 0 saturated heterocycles. The van der Waals surface area contributed by atoms with Crippen LogP contribution in [0.4, 0.5) is 8.78 Å². The summed E-state index contributed by atoms with van der Waals surface area (Å²) in [5.41, 5.74) is 5.69. The Morgan fingerprint density at radius 2 is 2.00 bits per heavy atom. The van der Waals surface area contributed by atoms with Crippen molar-refractivity contribution in [2.24, 2.45) is 11.7 Å². The van der Waals surface area contributed by atoms with Gasteiger partial charge in [0.05, 0.1) is 5.56 Å². The molecule has 1 rings (SSSR count). The highest BCUT2D eigenvalue weighted by molar-refractivity contribution is 5.94. The Bertz CT molecular complexity index is 463. The summed E-state index contributed by atoms with van der Waals surface area (Å²) in [6.45, 7) is 6.61. The van der Waals surface area contributed by atoms with E-state index in [0.29, 0.717) is 19.6 Å². The van der Waals surface area contributed by atoms with E-state index in [1.54, 1.807) is 0 Å². The normalized spacial score (nSPS) is 12.3. The fourth-order valence-corrected chi connectivity index (χ4v) is 1.80. The number of hydrogen-bond donors (Lipinski definition) is 1. The molecule has 2 N–H and O–H groups in total. The molecule has 0 aromatic heterocycles. The van der Waals surface area contributed by atoms with Crippen LogP contribution in [0.15, 0.2) is 12.1 Å². The van der Waals surface area contributed by atoms with Gasteiger partial charge in [-0.15, -0.1) is 0 Å². The van der Waals surface area contributed by atoms with Crippen molar-refractivity contribution in [2.75, 3.05) is 19.6 Å². The van der Waals surface area contributed by atoms with Crippen LogP contribution in [0.1, 0.15) is 29.8 Å². The van der Waals surface area contributed by atoms with Crippen LogP contribution in [0, 0.1) is 24.5 Å². The van der Waals surface area contributed by atoms with Gasteiger partial charge in [-0.2, -0.15) is 0 Å². The molecule has 0 bridgehead atoms. The molecule has 3 nitrogen and oxygen atoms in total. The SMILES string of the molecule is CCN(CC(C)CN)C(=O)c1cc(C)c(F)cc1F. The number of halogens is 2. The topological polar surface area (TPSA) is 46.3 Å². The Morgan fingerprint density at radius 3 is 2.53 bits per heavy atom. The lowest BCUT2D eigenvalue weighted by Crippen LogP contribution is -2.37. The smallest absolute Gasteiger partial charge is 0.256 e. The zero-order chi connectivity index (χ0) is 14.6. The predicted octanol–water partition coefficient (Wildman–Crippen LogP) is 2.33. The Labute approximate surface area is 112 Å². The van der Waals surface area contributed by atoms with Crippen molar-refractivity contribution in [3.8, 4) is 0 Å². The quantitative estimate of drug-likeness (QED) is 0.892. The lowest BCUT2D eigenvalue weighted by Gasteiger charge is -2.24. The van der Waals surface area contributed by atoms with Crippen molar-refractivity contribution >= 4 is 5.91 Å². The van der Waals surface area contributed by atoms with E-state index in [1.807, 2.05) is 13.8 Å². The van der Waals surface area contributed by atoms with Crippen LogP contribution in [0.3, 0.4) is 0 Å². The average molecular weight is 270 g/mol. The van der Waals surface area contributed by atoms with Crippen molar-refractivity contribution in [1.82, 2.24) is 4.90 Å². The summed E-state index contributed by atoms with van der Waals surface area (Å²) in [4.78, 5) is 13.8. The molecule has 19 heavy (non-hydrogen) atoms. The average Bonchev–Trinajstić information content (AvgIpc) is 2.39. The third-order valence-corrected chi connectivity index (χ3v) is 3.08. The summed E-state index contributed by atoms with van der Waals surface area (Å²) in [6.07, 6.45) is 0. The molecule has 1 aromatic carbocycles. The Balaban J connectivity index is 3.00. The second kappa shape index (κ2) is 6.61. The fourth-order valence-electron chi connectivity index (χ4n) is 1.80. The first kappa shape index (κ1) is 15.6. The molecule has 5 heteroatoms. The molecule has 0 spiro atoms. The summed E-state index contributed by atoms with van der Waals surface area (Å²) >= 11 is 0. The van der Waals surface area contributed by atoms with Gasteiger partial charge >= 0.3 is 0 Å². The highest BCUT2D eigenvalue weighted by Gasteiger charge is 2.20. The fraction of sp³-hybridized carbons (Fsp3) is 0.500. The third-order valence-electron chi connectivity index (χ3n) is 3.08. The molecule has 0 fully saturated rings. The van der Waals surface area contributed by atoms with Gasteiger partial charge in [0.15, 0.2) is 0 Å². The van der Waals surface area contributed by atoms with Crippen LogP contribution >= 0.6 is 0 Å². The van der Waals surface area contributed by atoms with E-state index in [2.05, 4.69) is 0 Å². The predicted molar refractivity (Wildman–Crippen MR) is 70.9 cm³/mol. The van der Waals surface area contributed by atoms with E-state index in [4.69, 9.17) is 5.73 Å². The van der Waals surface area contributed by atoms with Crippen LogP contribution < -0.4 is 5.73 Å². The molecule has 0 radical (unpaired) electrons. The maximum atomic E-state index is 13.7. The number of hydrogen-bond acceptors (Lipinski definition) is 2. The Kier molecular flexibility index (Phi) is 5.42. The standard InChI is InChI=1S/C14H20F2N2O/c1-4-18(8-9(2)7-17)14(19)11-5-10(3)12(15)6-13(11)16/h5-6,9H,4,7-8,17H2,1-3H3. The van der Waals surface area contributed by atoms with Crippen LogP contribution in [-0.4, -0.2) is 30.4 Å². The highest BCUT2D eigenvalue weighted by Crippen LogP contribution is 2.16. The van der Waals surface area contributed by atoms with Gasteiger partial charge in [-0.1, -0.05) is 6.92 Å². The van der Waals surface area contributed by atoms with Gasteiger partial charge in [-0.25, -0.2) is 8.78 Å². The summed E-state index contributed by atoms with van der Waals surface area (Å²) in [7, 11) is 0. The molecule has 0 aliphatic rings. The van der Waals surface area contributed by atoms with E-state index >= 15 is 0 Å². The van der Waals surface area contributed by atoms with Crippen molar-refractivity contribution in [2.45, 2.75) is 20.8 Å². The monoisotopic (exact) mass is 270 g/mol. The number of aryl methyl sites for hydroxylation is 1. The zero-order valence-electron chi connectivity index (χ0n) is 11.5. The number of nitrogens with zero attached hydrogens (tertiary/aromatic N) is 1. The van der Waals surface area contributed by atoms with Crippen LogP contribution in [0.5, 0.6) is 0 Å². The lowest BCUT2D eigenvalue weighted by molar-refractivity contribution is 0.0739. The van der Waals surface area contributed by atoms with E-state index < -0.39 is 17.5 Å². The lowest BCUT2D eigenvalue weighted by atomic mass is 10.1. The molecule has 0 heterocycles. The molecular weight excluding hydrogens is 250 g/mol. The van der Waals surface area contributed by atoms with Crippen LogP contribution in [0.2, 0.25) is 0 Å². The van der Waals surface area contributed by atoms with Crippen LogP contribution in [-0.2, 0) is 0 Å². The molecule has 0 saturated carbocycles. The van der Waals surface area contributed by atoms with Crippen LogP contribution in [0.25, 0.3) is 0 Å². The first-order valence-corrected chi connectivity index (χ1v) is 6.35. The number of amides is 1. The van der Waals surface area contributed by atoms with Crippen molar-refractivity contribution in [3.05, 3.63) is 34.9 Å². The Hall–Kier alpha value is -1.49. The summed E-state index contributed by atoms with van der Waals surface area (Å²) in [5.74, 6) is -1.77. The number of benzene rings is 1. The molecule has 1 aromatic rings. The minimum atomic E-state index is -0.827. The maximum absolute atomic E-state index is 13.7. The van der Waals surface area contributed by atoms with Crippen molar-refractivity contribution in [3.63, 3.8) is 0 Å². The van der Waals surface area contributed by atoms with E-state index in [-0.39, 0.29) is 17.0 Å². The van der Waals surface area contributed by atoms with Gasteiger partial charge in [-0.05, 0) is 37.9 Å². The third kappa shape index (κ3) is 3.73. The maximum Gasteiger partial charge on any atom is 0.256 e. The molecule has 106 valence electrons. The van der Waals surface area contributed by atoms with E-state index in [0.717, 1.165) is 6.07 Å². The van der Waals surface area contributed by atoms with Gasteiger partial charge in [-0.3, -0.25) is 4.79 Å². The zero-order valence-corrected chi connectivity index (χ0v) is 11.5. The molecule has 1 atom stereocenters. The highest BCUT2D eigenvalue weighted by atomic mass is 19.1. The van der Waals surface area contributed by atoms with Gasteiger partial charge < -0.3 is 10.6 Å². The van der Waals surface area contributed by atoms with Gasteiger partial charge in [0.2, 0.25) is 0 Å². The first-order chi connectivity index (χ1) is 8.90. The number of carbonyl (C=O) groups is 1. The molecular formula is C14H20F2N2O. The summed E-state index contributed by atoms with van der Waals surface area (Å²) < 4.78 is 26.9. The van der Waals surface area contributed by atoms with E-state index in [9.17, 15) is 13.6 Å². The van der Waals surface area contributed by atoms with Gasteiger partial charge in [0.25, 0.3) is 5.91 Å². The minimum absolute atomic E-state index is 0.0926. The number of nitrogens with two attached hydrogens (primary N) is 1. The van der Waals surface area contributed by atoms with Gasteiger partial charge in [0.1, 0.15) is 11.6 Å². The molecule has 1 unspecified atom stereocenters. The second-order valence-corrected chi connectivity index (χ2v) is 4.77. The molecule has 0 aliphatic carbocycles. The molecule has 0 aliphatic heterocycles. The minimum Gasteiger partial charge on any atom is -0.339 e. The summed E-state index contributed by atoms with van der Waals surface area (Å²) in [5, 5.41) is 0. The van der Waals surface area contributed by atoms with Crippen molar-refractivity contribution in [1.29, 1.82) is 0 Å². The number of carbonyl (C=O) groups excluding carboxylic acids is 1. The van der Waals surface area contributed by atoms with Gasteiger partial charge in [0, 0.05) is 19.2 Å². The van der Waals surface area contributed by atoms with Crippen molar-refractivity contribution < 1.29 is 13.6 Å². The second-order valence-electron chi connectivity index (χ2n) is 4.77. The molecule has 1 amide bonds. The first-order valence-electron chi connectivity index (χ1n) is 6.35. The number of rotatable bonds is 5.